The molecule has 1 rings (SSSR count). The Labute approximate surface area is 102 Å². The van der Waals surface area contributed by atoms with Gasteiger partial charge in [0.2, 0.25) is 0 Å². The van der Waals surface area contributed by atoms with Gasteiger partial charge in [0.25, 0.3) is 0 Å². The predicted molar refractivity (Wildman–Crippen MR) is 60.7 cm³/mol. The van der Waals surface area contributed by atoms with Crippen LogP contribution < -0.4 is 4.74 Å². The molecule has 0 aliphatic heterocycles. The molecule has 0 amide bonds. The molecule has 1 N–H and O–H groups in total. The number of rotatable bonds is 3. The van der Waals surface area contributed by atoms with Gasteiger partial charge in [0.15, 0.2) is 0 Å². The first-order valence-electron chi connectivity index (χ1n) is 4.32. The molecular weight excluding hydrogens is 324 g/mol. The second-order valence-electron chi connectivity index (χ2n) is 3.20. The molecule has 5 heteroatoms. The van der Waals surface area contributed by atoms with E-state index in [0.29, 0.717) is 5.75 Å². The van der Waals surface area contributed by atoms with Crippen LogP contribution in [0.15, 0.2) is 18.2 Å². The quantitative estimate of drug-likeness (QED) is 0.859. The van der Waals surface area contributed by atoms with Crippen LogP contribution >= 0.6 is 19.4 Å². The van der Waals surface area contributed by atoms with E-state index in [4.69, 9.17) is 24.1 Å². The van der Waals surface area contributed by atoms with Crippen LogP contribution in [-0.2, 0) is 13.5 Å². The molecule has 0 atom stereocenters. The van der Waals surface area contributed by atoms with Gasteiger partial charge in [-0.3, -0.25) is 0 Å². The molecule has 0 aliphatic rings. The summed E-state index contributed by atoms with van der Waals surface area (Å²) < 4.78 is 7.32. The summed E-state index contributed by atoms with van der Waals surface area (Å²) in [6, 6.07) is 4.89. The summed E-state index contributed by atoms with van der Waals surface area (Å²) in [6.07, 6.45) is 0.0768. The van der Waals surface area contributed by atoms with E-state index in [9.17, 15) is 5.11 Å². The molecule has 0 aliphatic carbocycles. The fourth-order valence-corrected chi connectivity index (χ4v) is 2.84. The number of hydrogen-bond donors (Lipinski definition) is 1. The Morgan fingerprint density at radius 2 is 2.07 bits per heavy atom. The van der Waals surface area contributed by atoms with Gasteiger partial charge in [0, 0.05) is 0 Å². The van der Waals surface area contributed by atoms with Crippen molar-refractivity contribution < 1.29 is 23.4 Å². The van der Waals surface area contributed by atoms with E-state index < -0.39 is 13.5 Å². The molecule has 0 aromatic heterocycles. The normalized spacial score (nSPS) is 11.4. The van der Waals surface area contributed by atoms with E-state index in [0.717, 1.165) is 5.56 Å². The number of benzene rings is 1. The Morgan fingerprint density at radius 3 is 2.60 bits per heavy atom. The molecule has 86 valence electrons. The minimum atomic E-state index is -1.90. The number of ether oxygens (including phenoxy) is 1. The van der Waals surface area contributed by atoms with Gasteiger partial charge in [-0.1, -0.05) is 0 Å². The molecule has 0 heterocycles. The first-order valence-corrected chi connectivity index (χ1v) is 9.80. The van der Waals surface area contributed by atoms with Crippen molar-refractivity contribution in [1.82, 2.24) is 0 Å². The van der Waals surface area contributed by atoms with Gasteiger partial charge in [-0.15, -0.1) is 0 Å². The summed E-state index contributed by atoms with van der Waals surface area (Å²) in [6.45, 7) is 3.88. The maximum absolute atomic E-state index is 9.34. The third-order valence-electron chi connectivity index (χ3n) is 1.54. The van der Waals surface area contributed by atoms with Crippen molar-refractivity contribution in [1.29, 1.82) is 0 Å². The molecule has 0 bridgehead atoms. The number of hydrogen-bond acceptors (Lipinski definition) is 2. The third kappa shape index (κ3) is 4.50. The summed E-state index contributed by atoms with van der Waals surface area (Å²) >= 11 is -1.90. The summed E-state index contributed by atoms with van der Waals surface area (Å²) in [5.41, 5.74) is 0.757. The molecule has 1 aromatic carbocycles. The zero-order valence-corrected chi connectivity index (χ0v) is 11.6. The number of phenolic OH excluding ortho intramolecular Hbond substituents is 1. The van der Waals surface area contributed by atoms with Crippen molar-refractivity contribution in [2.75, 3.05) is 0 Å². The van der Waals surface area contributed by atoms with Gasteiger partial charge in [-0.25, -0.2) is 0 Å². The molecule has 0 saturated carbocycles. The Morgan fingerprint density at radius 1 is 1.40 bits per heavy atom. The third-order valence-corrected chi connectivity index (χ3v) is 3.38. The Bertz CT molecular complexity index is 374. The van der Waals surface area contributed by atoms with Gasteiger partial charge in [-0.2, -0.15) is 0 Å². The summed E-state index contributed by atoms with van der Waals surface area (Å²) in [4.78, 5) is 0. The number of phenols is 1. The molecule has 0 radical (unpaired) electrons. The Hall–Kier alpha value is -0.107. The van der Waals surface area contributed by atoms with Gasteiger partial charge < -0.3 is 0 Å². The molecule has 0 spiro atoms. The zero-order valence-electron chi connectivity index (χ0n) is 8.35. The van der Waals surface area contributed by atoms with Crippen molar-refractivity contribution in [3.05, 3.63) is 23.8 Å². The van der Waals surface area contributed by atoms with Crippen LogP contribution in [0.2, 0.25) is 0 Å². The second-order valence-corrected chi connectivity index (χ2v) is 8.92. The van der Waals surface area contributed by atoms with Crippen molar-refractivity contribution in [3.63, 3.8) is 0 Å². The van der Waals surface area contributed by atoms with Gasteiger partial charge in [-0.05, 0) is 0 Å². The molecular formula is C10H12Cl2O2Ru. The Kier molecular flexibility index (Phi) is 5.04. The monoisotopic (exact) mass is 336 g/mol. The first-order chi connectivity index (χ1) is 6.99. The van der Waals surface area contributed by atoms with Crippen LogP contribution in [0, 0.1) is 0 Å². The van der Waals surface area contributed by atoms with Crippen LogP contribution in [0.1, 0.15) is 19.4 Å². The van der Waals surface area contributed by atoms with E-state index in [1.54, 1.807) is 22.8 Å². The van der Waals surface area contributed by atoms with Crippen LogP contribution in [0.3, 0.4) is 0 Å². The number of aromatic hydroxyl groups is 1. The summed E-state index contributed by atoms with van der Waals surface area (Å²) in [5.74, 6) is 0.879. The first kappa shape index (κ1) is 13.0. The fraction of sp³-hybridized carbons (Fsp3) is 0.300. The summed E-state index contributed by atoms with van der Waals surface area (Å²) in [5, 5.41) is 9.34. The van der Waals surface area contributed by atoms with Crippen LogP contribution in [0.5, 0.6) is 11.5 Å². The molecule has 0 fully saturated rings. The van der Waals surface area contributed by atoms with E-state index in [1.165, 1.54) is 0 Å². The van der Waals surface area contributed by atoms with Crippen LogP contribution in [0.4, 0.5) is 0 Å². The van der Waals surface area contributed by atoms with Gasteiger partial charge in [0.1, 0.15) is 0 Å². The van der Waals surface area contributed by atoms with Crippen LogP contribution in [0.25, 0.3) is 0 Å². The SMILES string of the molecule is CC(C)Oc1ccc(O)cc1[CH]=[Ru]([Cl])[Cl]. The topological polar surface area (TPSA) is 29.5 Å². The fourth-order valence-electron chi connectivity index (χ4n) is 1.06. The molecule has 1 aromatic rings. The van der Waals surface area contributed by atoms with Crippen molar-refractivity contribution in [2.24, 2.45) is 0 Å². The van der Waals surface area contributed by atoms with E-state index >= 15 is 0 Å². The van der Waals surface area contributed by atoms with Crippen molar-refractivity contribution >= 4 is 24.0 Å². The van der Waals surface area contributed by atoms with E-state index in [1.807, 2.05) is 13.8 Å². The molecule has 0 saturated heterocycles. The van der Waals surface area contributed by atoms with Crippen molar-refractivity contribution in [2.45, 2.75) is 20.0 Å². The average Bonchev–Trinajstić information content (AvgIpc) is 2.08. The standard InChI is InChI=1S/C10H12O2.2ClH.Ru/c1-7(2)12-10-5-4-9(11)6-8(10)3;;;/h3-7,11H,1-2H3;2*1H;/q;;;+2/p-2. The minimum absolute atomic E-state index is 0.0768. The number of halogens is 2. The van der Waals surface area contributed by atoms with Crippen molar-refractivity contribution in [3.8, 4) is 11.5 Å². The predicted octanol–water partition coefficient (Wildman–Crippen LogP) is 3.26. The second kappa shape index (κ2) is 5.84. The summed E-state index contributed by atoms with van der Waals surface area (Å²) in [7, 11) is 11.6. The van der Waals surface area contributed by atoms with Crippen LogP contribution in [-0.4, -0.2) is 15.8 Å². The Balaban J connectivity index is 3.08. The molecule has 15 heavy (non-hydrogen) atoms. The van der Waals surface area contributed by atoms with Gasteiger partial charge in [0.05, 0.1) is 0 Å². The zero-order chi connectivity index (χ0) is 11.4. The maximum atomic E-state index is 9.34. The molecule has 0 unspecified atom stereocenters. The average molecular weight is 336 g/mol. The molecule has 2 nitrogen and oxygen atoms in total. The van der Waals surface area contributed by atoms with E-state index in [2.05, 4.69) is 0 Å². The van der Waals surface area contributed by atoms with E-state index in [-0.39, 0.29) is 11.9 Å². The van der Waals surface area contributed by atoms with Gasteiger partial charge >= 0.3 is 103 Å².